The number of methoxy groups -OCH3 is 3. The number of anilines is 1. The zero-order valence-corrected chi connectivity index (χ0v) is 13.8. The third-order valence-electron chi connectivity index (χ3n) is 3.07. The molecule has 0 bridgehead atoms. The SMILES string of the molecule is COc1cc(NC(=S)c2cc(C)ccn2)cc(OC)c1OC. The number of benzene rings is 1. The van der Waals surface area contributed by atoms with Gasteiger partial charge in [0.1, 0.15) is 4.99 Å². The summed E-state index contributed by atoms with van der Waals surface area (Å²) >= 11 is 5.40. The van der Waals surface area contributed by atoms with Crippen LogP contribution in [0, 0.1) is 6.92 Å². The summed E-state index contributed by atoms with van der Waals surface area (Å²) in [5.74, 6) is 1.66. The molecule has 5 nitrogen and oxygen atoms in total. The molecule has 2 aromatic rings. The molecule has 6 heteroatoms. The highest BCUT2D eigenvalue weighted by Crippen LogP contribution is 2.40. The maximum atomic E-state index is 5.40. The molecule has 0 fully saturated rings. The molecule has 1 aromatic carbocycles. The van der Waals surface area contributed by atoms with Crippen LogP contribution in [0.1, 0.15) is 11.3 Å². The highest BCUT2D eigenvalue weighted by atomic mass is 32.1. The maximum Gasteiger partial charge on any atom is 0.203 e. The summed E-state index contributed by atoms with van der Waals surface area (Å²) in [6.45, 7) is 1.99. The van der Waals surface area contributed by atoms with Crippen LogP contribution < -0.4 is 19.5 Å². The number of nitrogens with zero attached hydrogens (tertiary/aromatic N) is 1. The van der Waals surface area contributed by atoms with E-state index in [1.54, 1.807) is 39.7 Å². The van der Waals surface area contributed by atoms with Gasteiger partial charge in [0.25, 0.3) is 0 Å². The molecule has 0 saturated carbocycles. The van der Waals surface area contributed by atoms with Crippen LogP contribution in [0.4, 0.5) is 5.69 Å². The third-order valence-corrected chi connectivity index (χ3v) is 3.38. The van der Waals surface area contributed by atoms with Gasteiger partial charge in [-0.2, -0.15) is 0 Å². The van der Waals surface area contributed by atoms with Crippen molar-refractivity contribution >= 4 is 22.9 Å². The Morgan fingerprint density at radius 3 is 2.18 bits per heavy atom. The predicted octanol–water partition coefficient (Wildman–Crippen LogP) is 3.20. The number of aryl methyl sites for hydroxylation is 1. The minimum absolute atomic E-state index is 0.526. The molecule has 0 aliphatic rings. The molecule has 1 aromatic heterocycles. The largest absolute Gasteiger partial charge is 0.493 e. The molecular formula is C16H18N2O3S. The number of nitrogens with one attached hydrogen (secondary N) is 1. The molecule has 1 N–H and O–H groups in total. The lowest BCUT2D eigenvalue weighted by atomic mass is 10.2. The van der Waals surface area contributed by atoms with Crippen LogP contribution in [0.5, 0.6) is 17.2 Å². The molecule has 116 valence electrons. The number of aromatic nitrogens is 1. The smallest absolute Gasteiger partial charge is 0.203 e. The van der Waals surface area contributed by atoms with Gasteiger partial charge in [0.05, 0.1) is 27.0 Å². The Morgan fingerprint density at radius 1 is 1.05 bits per heavy atom. The lowest BCUT2D eigenvalue weighted by Gasteiger charge is -2.15. The molecule has 1 heterocycles. The van der Waals surface area contributed by atoms with Crippen molar-refractivity contribution in [2.75, 3.05) is 26.6 Å². The van der Waals surface area contributed by atoms with Crippen molar-refractivity contribution in [1.82, 2.24) is 4.98 Å². The number of ether oxygens (including phenoxy) is 3. The van der Waals surface area contributed by atoms with E-state index < -0.39 is 0 Å². The molecule has 0 unspecified atom stereocenters. The molecule has 22 heavy (non-hydrogen) atoms. The Morgan fingerprint density at radius 2 is 1.68 bits per heavy atom. The van der Waals surface area contributed by atoms with E-state index in [9.17, 15) is 0 Å². The zero-order chi connectivity index (χ0) is 16.1. The molecule has 0 atom stereocenters. The first kappa shape index (κ1) is 16.0. The Labute approximate surface area is 135 Å². The number of rotatable bonds is 5. The average Bonchev–Trinajstić information content (AvgIpc) is 2.53. The van der Waals surface area contributed by atoms with Gasteiger partial charge in [0, 0.05) is 24.0 Å². The van der Waals surface area contributed by atoms with E-state index in [1.807, 2.05) is 19.1 Å². The van der Waals surface area contributed by atoms with Crippen molar-refractivity contribution in [2.45, 2.75) is 6.92 Å². The van der Waals surface area contributed by atoms with E-state index in [4.69, 9.17) is 26.4 Å². The van der Waals surface area contributed by atoms with E-state index in [1.165, 1.54) is 0 Å². The summed E-state index contributed by atoms with van der Waals surface area (Å²) < 4.78 is 15.9. The summed E-state index contributed by atoms with van der Waals surface area (Å²) in [7, 11) is 4.71. The third kappa shape index (κ3) is 3.46. The molecule has 0 radical (unpaired) electrons. The van der Waals surface area contributed by atoms with Crippen molar-refractivity contribution in [2.24, 2.45) is 0 Å². The van der Waals surface area contributed by atoms with E-state index in [-0.39, 0.29) is 0 Å². The molecule has 0 aliphatic carbocycles. The van der Waals surface area contributed by atoms with Crippen LogP contribution >= 0.6 is 12.2 Å². The van der Waals surface area contributed by atoms with Crippen LogP contribution in [-0.4, -0.2) is 31.3 Å². The Kier molecular flexibility index (Phi) is 5.16. The Balaban J connectivity index is 2.31. The van der Waals surface area contributed by atoms with Crippen LogP contribution in [0.25, 0.3) is 0 Å². The zero-order valence-electron chi connectivity index (χ0n) is 13.0. The van der Waals surface area contributed by atoms with Gasteiger partial charge in [0.15, 0.2) is 11.5 Å². The van der Waals surface area contributed by atoms with Crippen LogP contribution in [-0.2, 0) is 0 Å². The van der Waals surface area contributed by atoms with Gasteiger partial charge in [-0.05, 0) is 24.6 Å². The second kappa shape index (κ2) is 7.09. The van der Waals surface area contributed by atoms with Crippen LogP contribution in [0.15, 0.2) is 30.5 Å². The Bertz CT molecular complexity index is 664. The first-order valence-electron chi connectivity index (χ1n) is 6.63. The fourth-order valence-electron chi connectivity index (χ4n) is 2.01. The minimum atomic E-state index is 0.526. The molecular weight excluding hydrogens is 300 g/mol. The molecule has 0 aliphatic heterocycles. The number of thiocarbonyl (C=S) groups is 1. The average molecular weight is 318 g/mol. The van der Waals surface area contributed by atoms with Gasteiger partial charge in [0.2, 0.25) is 5.75 Å². The summed E-state index contributed by atoms with van der Waals surface area (Å²) in [5.41, 5.74) is 2.55. The standard InChI is InChI=1S/C16H18N2O3S/c1-10-5-6-17-12(7-10)16(22)18-11-8-13(19-2)15(21-4)14(9-11)20-3/h5-9H,1-4H3,(H,18,22). The molecule has 2 rings (SSSR count). The monoisotopic (exact) mass is 318 g/mol. The predicted molar refractivity (Wildman–Crippen MR) is 90.4 cm³/mol. The van der Waals surface area contributed by atoms with Crippen molar-refractivity contribution in [3.05, 3.63) is 41.7 Å². The lowest BCUT2D eigenvalue weighted by Crippen LogP contribution is -2.12. The number of hydrogen-bond acceptors (Lipinski definition) is 5. The quantitative estimate of drug-likeness (QED) is 0.855. The van der Waals surface area contributed by atoms with Crippen molar-refractivity contribution in [3.63, 3.8) is 0 Å². The van der Waals surface area contributed by atoms with Gasteiger partial charge in [-0.3, -0.25) is 4.98 Å². The van der Waals surface area contributed by atoms with Crippen molar-refractivity contribution in [3.8, 4) is 17.2 Å². The second-order valence-corrected chi connectivity index (χ2v) is 4.99. The van der Waals surface area contributed by atoms with Gasteiger partial charge in [-0.25, -0.2) is 0 Å². The second-order valence-electron chi connectivity index (χ2n) is 4.59. The van der Waals surface area contributed by atoms with E-state index >= 15 is 0 Å². The molecule has 0 saturated heterocycles. The van der Waals surface area contributed by atoms with Crippen LogP contribution in [0.3, 0.4) is 0 Å². The highest BCUT2D eigenvalue weighted by molar-refractivity contribution is 7.81. The van der Waals surface area contributed by atoms with Gasteiger partial charge in [-0.1, -0.05) is 12.2 Å². The first-order valence-corrected chi connectivity index (χ1v) is 7.04. The topological polar surface area (TPSA) is 52.6 Å². The lowest BCUT2D eigenvalue weighted by molar-refractivity contribution is 0.324. The highest BCUT2D eigenvalue weighted by Gasteiger charge is 2.14. The Hall–Kier alpha value is -2.34. The van der Waals surface area contributed by atoms with Gasteiger partial charge >= 0.3 is 0 Å². The van der Waals surface area contributed by atoms with Crippen molar-refractivity contribution in [1.29, 1.82) is 0 Å². The summed E-state index contributed by atoms with van der Waals surface area (Å²) in [5, 5.41) is 3.14. The normalized spacial score (nSPS) is 10.0. The number of pyridine rings is 1. The van der Waals surface area contributed by atoms with E-state index in [2.05, 4.69) is 10.3 Å². The summed E-state index contributed by atoms with van der Waals surface area (Å²) in [4.78, 5) is 4.79. The molecule has 0 spiro atoms. The summed E-state index contributed by atoms with van der Waals surface area (Å²) in [6, 6.07) is 7.44. The van der Waals surface area contributed by atoms with E-state index in [0.29, 0.717) is 27.9 Å². The molecule has 0 amide bonds. The fourth-order valence-corrected chi connectivity index (χ4v) is 2.24. The number of hydrogen-bond donors (Lipinski definition) is 1. The van der Waals surface area contributed by atoms with Crippen molar-refractivity contribution < 1.29 is 14.2 Å². The van der Waals surface area contributed by atoms with Crippen LogP contribution in [0.2, 0.25) is 0 Å². The summed E-state index contributed by atoms with van der Waals surface area (Å²) in [6.07, 6.45) is 1.73. The fraction of sp³-hybridized carbons (Fsp3) is 0.250. The van der Waals surface area contributed by atoms with E-state index in [0.717, 1.165) is 11.3 Å². The first-order chi connectivity index (χ1) is 10.6. The van der Waals surface area contributed by atoms with Gasteiger partial charge in [-0.15, -0.1) is 0 Å². The minimum Gasteiger partial charge on any atom is -0.493 e. The van der Waals surface area contributed by atoms with Gasteiger partial charge < -0.3 is 19.5 Å². The maximum absolute atomic E-state index is 5.40.